The molecule has 1 N–H and O–H groups in total. The molecular weight excluding hydrogens is 262 g/mol. The van der Waals surface area contributed by atoms with E-state index in [0.717, 1.165) is 6.54 Å². The van der Waals surface area contributed by atoms with Gasteiger partial charge >= 0.3 is 0 Å². The van der Waals surface area contributed by atoms with Crippen LogP contribution in [0.25, 0.3) is 10.4 Å². The van der Waals surface area contributed by atoms with Crippen LogP contribution in [0.2, 0.25) is 0 Å². The van der Waals surface area contributed by atoms with E-state index in [9.17, 15) is 0 Å². The van der Waals surface area contributed by atoms with E-state index in [1.54, 1.807) is 0 Å². The average Bonchev–Trinajstić information content (AvgIpc) is 2.91. The number of nitrogens with one attached hydrogen (secondary N) is 1. The Morgan fingerprint density at radius 1 is 1.10 bits per heavy atom. The second-order valence-electron chi connectivity index (χ2n) is 5.42. The molecule has 1 aromatic carbocycles. The summed E-state index contributed by atoms with van der Waals surface area (Å²) in [5.41, 5.74) is 4.07. The predicted molar refractivity (Wildman–Crippen MR) is 90.6 cm³/mol. The first-order valence-corrected chi connectivity index (χ1v) is 8.38. The van der Waals surface area contributed by atoms with Crippen molar-refractivity contribution in [1.29, 1.82) is 0 Å². The molecule has 0 amide bonds. The summed E-state index contributed by atoms with van der Waals surface area (Å²) in [6, 6.07) is 11.8. The van der Waals surface area contributed by atoms with E-state index in [4.69, 9.17) is 0 Å². The summed E-state index contributed by atoms with van der Waals surface area (Å²) < 4.78 is 0. The summed E-state index contributed by atoms with van der Waals surface area (Å²) in [5, 5.41) is 3.60. The minimum absolute atomic E-state index is 0.508. The fourth-order valence-corrected chi connectivity index (χ4v) is 3.77. The van der Waals surface area contributed by atoms with E-state index >= 15 is 0 Å². The first-order valence-electron chi connectivity index (χ1n) is 7.56. The monoisotopic (exact) mass is 287 g/mol. The number of hydrogen-bond acceptors (Lipinski definition) is 2. The van der Waals surface area contributed by atoms with Gasteiger partial charge in [0.05, 0.1) is 0 Å². The normalized spacial score (nSPS) is 12.6. The van der Waals surface area contributed by atoms with Crippen molar-refractivity contribution < 1.29 is 0 Å². The summed E-state index contributed by atoms with van der Waals surface area (Å²) in [6.07, 6.45) is 2.43. The number of hydrogen-bond donors (Lipinski definition) is 1. The van der Waals surface area contributed by atoms with Crippen molar-refractivity contribution in [2.45, 2.75) is 46.6 Å². The lowest BCUT2D eigenvalue weighted by molar-refractivity contribution is 0.516. The van der Waals surface area contributed by atoms with Crippen molar-refractivity contribution >= 4 is 11.3 Å². The molecule has 0 bridgehead atoms. The van der Waals surface area contributed by atoms with Crippen molar-refractivity contribution in [2.75, 3.05) is 6.54 Å². The molecule has 0 aliphatic carbocycles. The third-order valence-corrected chi connectivity index (χ3v) is 4.89. The van der Waals surface area contributed by atoms with Gasteiger partial charge in [0.2, 0.25) is 0 Å². The fourth-order valence-electron chi connectivity index (χ4n) is 2.57. The quantitative estimate of drug-likeness (QED) is 0.741. The molecule has 0 aliphatic rings. The lowest BCUT2D eigenvalue weighted by Crippen LogP contribution is -2.19. The Morgan fingerprint density at radius 2 is 1.90 bits per heavy atom. The van der Waals surface area contributed by atoms with E-state index in [1.807, 2.05) is 11.3 Å². The van der Waals surface area contributed by atoms with Crippen LogP contribution >= 0.6 is 11.3 Å². The van der Waals surface area contributed by atoms with Gasteiger partial charge in [-0.3, -0.25) is 0 Å². The Balaban J connectivity index is 2.29. The summed E-state index contributed by atoms with van der Waals surface area (Å²) in [5.74, 6) is 0. The van der Waals surface area contributed by atoms with Gasteiger partial charge in [0.1, 0.15) is 0 Å². The number of benzene rings is 1. The van der Waals surface area contributed by atoms with E-state index in [-0.39, 0.29) is 0 Å². The van der Waals surface area contributed by atoms with E-state index < -0.39 is 0 Å². The van der Waals surface area contributed by atoms with Gasteiger partial charge < -0.3 is 5.32 Å². The van der Waals surface area contributed by atoms with E-state index in [2.05, 4.69) is 63.3 Å². The molecule has 1 nitrogen and oxygen atoms in total. The lowest BCUT2D eigenvalue weighted by Gasteiger charge is -2.15. The molecule has 0 spiro atoms. The predicted octanol–water partition coefficient (Wildman–Crippen LogP) is 5.48. The number of thiophene rings is 1. The van der Waals surface area contributed by atoms with Crippen LogP contribution in [0.3, 0.4) is 0 Å². The summed E-state index contributed by atoms with van der Waals surface area (Å²) >= 11 is 1.93. The highest BCUT2D eigenvalue weighted by atomic mass is 32.1. The molecule has 0 saturated carbocycles. The van der Waals surface area contributed by atoms with Crippen LogP contribution in [-0.2, 0) is 0 Å². The molecule has 1 unspecified atom stereocenters. The molecule has 1 aromatic heterocycles. The Bertz CT molecular complexity index is 550. The number of aryl methyl sites for hydroxylation is 2. The molecule has 2 aromatic rings. The van der Waals surface area contributed by atoms with Crippen LogP contribution < -0.4 is 5.32 Å². The molecule has 1 heterocycles. The molecule has 0 aliphatic heterocycles. The zero-order valence-electron chi connectivity index (χ0n) is 13.0. The van der Waals surface area contributed by atoms with Crippen LogP contribution in [0.15, 0.2) is 30.3 Å². The molecule has 0 saturated heterocycles. The van der Waals surface area contributed by atoms with Gasteiger partial charge in [-0.15, -0.1) is 11.3 Å². The standard InChI is InChI=1S/C18H25NS/c1-5-7-16(19-6-2)18-11-10-17(20-18)15-12-13(3)8-9-14(15)4/h8-12,16,19H,5-7H2,1-4H3. The highest BCUT2D eigenvalue weighted by Crippen LogP contribution is 2.35. The van der Waals surface area contributed by atoms with E-state index in [0.29, 0.717) is 6.04 Å². The van der Waals surface area contributed by atoms with Gasteiger partial charge in [-0.1, -0.05) is 44.0 Å². The fraction of sp³-hybridized carbons (Fsp3) is 0.444. The van der Waals surface area contributed by atoms with Crippen molar-refractivity contribution in [3.63, 3.8) is 0 Å². The minimum atomic E-state index is 0.508. The molecule has 108 valence electrons. The highest BCUT2D eigenvalue weighted by Gasteiger charge is 2.13. The van der Waals surface area contributed by atoms with Gasteiger partial charge in [-0.2, -0.15) is 0 Å². The van der Waals surface area contributed by atoms with Crippen LogP contribution in [0, 0.1) is 13.8 Å². The largest absolute Gasteiger partial charge is 0.310 e. The topological polar surface area (TPSA) is 12.0 Å². The van der Waals surface area contributed by atoms with Gasteiger partial charge in [0, 0.05) is 15.8 Å². The van der Waals surface area contributed by atoms with Crippen molar-refractivity contribution in [3.05, 3.63) is 46.3 Å². The second-order valence-corrected chi connectivity index (χ2v) is 6.53. The van der Waals surface area contributed by atoms with Crippen LogP contribution in [0.5, 0.6) is 0 Å². The summed E-state index contributed by atoms with van der Waals surface area (Å²) in [7, 11) is 0. The van der Waals surface area contributed by atoms with Crippen LogP contribution in [0.4, 0.5) is 0 Å². The summed E-state index contributed by atoms with van der Waals surface area (Å²) in [6.45, 7) is 9.82. The van der Waals surface area contributed by atoms with Crippen LogP contribution in [0.1, 0.15) is 48.7 Å². The molecule has 2 rings (SSSR count). The zero-order chi connectivity index (χ0) is 14.5. The van der Waals surface area contributed by atoms with Gasteiger partial charge in [0.25, 0.3) is 0 Å². The second kappa shape index (κ2) is 7.05. The SMILES string of the molecule is CCCC(NCC)c1ccc(-c2cc(C)ccc2C)s1. The molecule has 1 atom stereocenters. The van der Waals surface area contributed by atoms with Crippen molar-refractivity contribution in [1.82, 2.24) is 5.32 Å². The average molecular weight is 287 g/mol. The molecule has 2 heteroatoms. The Hall–Kier alpha value is -1.12. The Labute approximate surface area is 127 Å². The zero-order valence-corrected chi connectivity index (χ0v) is 13.8. The van der Waals surface area contributed by atoms with Gasteiger partial charge in [-0.05, 0) is 50.1 Å². The maximum Gasteiger partial charge on any atom is 0.0414 e. The molecular formula is C18H25NS. The Morgan fingerprint density at radius 3 is 2.60 bits per heavy atom. The van der Waals surface area contributed by atoms with Crippen LogP contribution in [-0.4, -0.2) is 6.54 Å². The smallest absolute Gasteiger partial charge is 0.0414 e. The van der Waals surface area contributed by atoms with Crippen molar-refractivity contribution in [3.8, 4) is 10.4 Å². The van der Waals surface area contributed by atoms with Crippen molar-refractivity contribution in [2.24, 2.45) is 0 Å². The number of rotatable bonds is 6. The maximum atomic E-state index is 3.60. The first-order chi connectivity index (χ1) is 9.65. The maximum absolute atomic E-state index is 3.60. The first kappa shape index (κ1) is 15.3. The van der Waals surface area contributed by atoms with E-state index in [1.165, 1.54) is 39.3 Å². The molecule has 0 radical (unpaired) electrons. The Kier molecular flexibility index (Phi) is 5.38. The molecule has 0 fully saturated rings. The highest BCUT2D eigenvalue weighted by molar-refractivity contribution is 7.15. The van der Waals surface area contributed by atoms with Gasteiger partial charge in [-0.25, -0.2) is 0 Å². The van der Waals surface area contributed by atoms with Gasteiger partial charge in [0.15, 0.2) is 0 Å². The lowest BCUT2D eigenvalue weighted by atomic mass is 10.0. The summed E-state index contributed by atoms with van der Waals surface area (Å²) in [4.78, 5) is 2.85. The third-order valence-electron chi connectivity index (χ3n) is 3.66. The minimum Gasteiger partial charge on any atom is -0.310 e. The third kappa shape index (κ3) is 3.50. The molecule has 20 heavy (non-hydrogen) atoms.